The monoisotopic (exact) mass is 213 g/mol. The SMILES string of the molecule is CCNC(=O)NC1CCN(C(C)(C)C)C1. The van der Waals surface area contributed by atoms with E-state index in [1.54, 1.807) is 0 Å². The number of rotatable bonds is 2. The summed E-state index contributed by atoms with van der Waals surface area (Å²) in [4.78, 5) is 13.7. The second-order valence-corrected chi connectivity index (χ2v) is 5.11. The molecule has 4 heteroatoms. The first kappa shape index (κ1) is 12.3. The van der Waals surface area contributed by atoms with Gasteiger partial charge in [-0.1, -0.05) is 0 Å². The third-order valence-electron chi connectivity index (χ3n) is 2.81. The van der Waals surface area contributed by atoms with Crippen molar-refractivity contribution < 1.29 is 4.79 Å². The summed E-state index contributed by atoms with van der Waals surface area (Å²) < 4.78 is 0. The molecule has 0 aromatic carbocycles. The highest BCUT2D eigenvalue weighted by atomic mass is 16.2. The lowest BCUT2D eigenvalue weighted by Crippen LogP contribution is -2.45. The van der Waals surface area contributed by atoms with Crippen LogP contribution in [0.4, 0.5) is 4.79 Å². The number of nitrogens with zero attached hydrogens (tertiary/aromatic N) is 1. The van der Waals surface area contributed by atoms with Crippen molar-refractivity contribution in [2.75, 3.05) is 19.6 Å². The molecule has 1 heterocycles. The van der Waals surface area contributed by atoms with E-state index in [4.69, 9.17) is 0 Å². The van der Waals surface area contributed by atoms with Gasteiger partial charge < -0.3 is 10.6 Å². The van der Waals surface area contributed by atoms with Crippen LogP contribution in [0.3, 0.4) is 0 Å². The van der Waals surface area contributed by atoms with E-state index in [0.717, 1.165) is 19.5 Å². The Labute approximate surface area is 92.4 Å². The number of hydrogen-bond donors (Lipinski definition) is 2. The number of urea groups is 1. The van der Waals surface area contributed by atoms with Gasteiger partial charge in [0.1, 0.15) is 0 Å². The molecular formula is C11H23N3O. The van der Waals surface area contributed by atoms with Crippen molar-refractivity contribution in [3.63, 3.8) is 0 Å². The van der Waals surface area contributed by atoms with Crippen molar-refractivity contribution in [3.05, 3.63) is 0 Å². The zero-order valence-corrected chi connectivity index (χ0v) is 10.3. The second-order valence-electron chi connectivity index (χ2n) is 5.11. The molecule has 0 bridgehead atoms. The van der Waals surface area contributed by atoms with Crippen LogP contribution in [0.5, 0.6) is 0 Å². The largest absolute Gasteiger partial charge is 0.338 e. The van der Waals surface area contributed by atoms with Gasteiger partial charge in [0.2, 0.25) is 0 Å². The van der Waals surface area contributed by atoms with Crippen LogP contribution in [0.1, 0.15) is 34.1 Å². The highest BCUT2D eigenvalue weighted by molar-refractivity contribution is 5.74. The van der Waals surface area contributed by atoms with Crippen molar-refractivity contribution in [2.45, 2.75) is 45.7 Å². The zero-order valence-electron chi connectivity index (χ0n) is 10.3. The average molecular weight is 213 g/mol. The van der Waals surface area contributed by atoms with E-state index in [2.05, 4.69) is 36.3 Å². The second kappa shape index (κ2) is 4.84. The topological polar surface area (TPSA) is 44.4 Å². The van der Waals surface area contributed by atoms with Crippen LogP contribution in [0, 0.1) is 0 Å². The van der Waals surface area contributed by atoms with Gasteiger partial charge in [-0.15, -0.1) is 0 Å². The van der Waals surface area contributed by atoms with E-state index in [0.29, 0.717) is 12.6 Å². The fraction of sp³-hybridized carbons (Fsp3) is 0.909. The van der Waals surface area contributed by atoms with E-state index >= 15 is 0 Å². The number of nitrogens with one attached hydrogen (secondary N) is 2. The van der Waals surface area contributed by atoms with Gasteiger partial charge in [-0.25, -0.2) is 4.79 Å². The highest BCUT2D eigenvalue weighted by Crippen LogP contribution is 2.20. The molecule has 2 amide bonds. The van der Waals surface area contributed by atoms with Gasteiger partial charge >= 0.3 is 6.03 Å². The Morgan fingerprint density at radius 3 is 2.60 bits per heavy atom. The Hall–Kier alpha value is -0.770. The van der Waals surface area contributed by atoms with Crippen LogP contribution in [0.25, 0.3) is 0 Å². The zero-order chi connectivity index (χ0) is 11.5. The summed E-state index contributed by atoms with van der Waals surface area (Å²) >= 11 is 0. The van der Waals surface area contributed by atoms with E-state index in [1.165, 1.54) is 0 Å². The molecule has 0 aromatic rings. The van der Waals surface area contributed by atoms with Crippen molar-refractivity contribution in [1.29, 1.82) is 0 Å². The van der Waals surface area contributed by atoms with Gasteiger partial charge in [0, 0.05) is 31.2 Å². The minimum Gasteiger partial charge on any atom is -0.338 e. The number of hydrogen-bond acceptors (Lipinski definition) is 2. The molecule has 2 N–H and O–H groups in total. The number of likely N-dealkylation sites (tertiary alicyclic amines) is 1. The summed E-state index contributed by atoms with van der Waals surface area (Å²) in [7, 11) is 0. The maximum atomic E-state index is 11.3. The van der Waals surface area contributed by atoms with Crippen LogP contribution in [0.2, 0.25) is 0 Å². The van der Waals surface area contributed by atoms with Gasteiger partial charge in [0.15, 0.2) is 0 Å². The lowest BCUT2D eigenvalue weighted by molar-refractivity contribution is 0.170. The maximum absolute atomic E-state index is 11.3. The highest BCUT2D eigenvalue weighted by Gasteiger charge is 2.30. The first-order chi connectivity index (χ1) is 6.93. The lowest BCUT2D eigenvalue weighted by Gasteiger charge is -2.31. The Bertz CT molecular complexity index is 222. The maximum Gasteiger partial charge on any atom is 0.315 e. The molecule has 4 nitrogen and oxygen atoms in total. The van der Waals surface area contributed by atoms with E-state index < -0.39 is 0 Å². The number of carbonyl (C=O) groups is 1. The summed E-state index contributed by atoms with van der Waals surface area (Å²) in [5.74, 6) is 0. The standard InChI is InChI=1S/C11H23N3O/c1-5-12-10(15)13-9-6-7-14(8-9)11(2,3)4/h9H,5-8H2,1-4H3,(H2,12,13,15). The quantitative estimate of drug-likeness (QED) is 0.723. The first-order valence-electron chi connectivity index (χ1n) is 5.73. The average Bonchev–Trinajstić information content (AvgIpc) is 2.52. The van der Waals surface area contributed by atoms with Gasteiger partial charge in [0.25, 0.3) is 0 Å². The minimum absolute atomic E-state index is 0.0433. The molecule has 0 spiro atoms. The first-order valence-corrected chi connectivity index (χ1v) is 5.73. The van der Waals surface area contributed by atoms with E-state index in [1.807, 2.05) is 6.92 Å². The molecule has 1 aliphatic rings. The van der Waals surface area contributed by atoms with E-state index in [-0.39, 0.29) is 11.6 Å². The molecule has 15 heavy (non-hydrogen) atoms. The number of carbonyl (C=O) groups excluding carboxylic acids is 1. The Morgan fingerprint density at radius 2 is 2.13 bits per heavy atom. The molecule has 0 radical (unpaired) electrons. The molecule has 1 atom stereocenters. The number of amides is 2. The predicted octanol–water partition coefficient (Wildman–Crippen LogP) is 1.18. The fourth-order valence-corrected chi connectivity index (χ4v) is 1.88. The summed E-state index contributed by atoms with van der Waals surface area (Å²) in [6.45, 7) is 11.3. The summed E-state index contributed by atoms with van der Waals surface area (Å²) in [6, 6.07) is 0.258. The van der Waals surface area contributed by atoms with Crippen LogP contribution >= 0.6 is 0 Å². The summed E-state index contributed by atoms with van der Waals surface area (Å²) in [5, 5.41) is 5.75. The Morgan fingerprint density at radius 1 is 1.47 bits per heavy atom. The van der Waals surface area contributed by atoms with Gasteiger partial charge in [-0.3, -0.25) is 4.90 Å². The van der Waals surface area contributed by atoms with Gasteiger partial charge in [0.05, 0.1) is 0 Å². The Balaban J connectivity index is 2.34. The van der Waals surface area contributed by atoms with Gasteiger partial charge in [-0.2, -0.15) is 0 Å². The molecule has 1 unspecified atom stereocenters. The normalized spacial score (nSPS) is 22.8. The van der Waals surface area contributed by atoms with Crippen molar-refractivity contribution >= 4 is 6.03 Å². The Kier molecular flexibility index (Phi) is 3.97. The van der Waals surface area contributed by atoms with Crippen molar-refractivity contribution in [3.8, 4) is 0 Å². The molecule has 1 saturated heterocycles. The van der Waals surface area contributed by atoms with Gasteiger partial charge in [-0.05, 0) is 34.1 Å². The molecule has 0 aliphatic carbocycles. The van der Waals surface area contributed by atoms with Crippen LogP contribution < -0.4 is 10.6 Å². The molecule has 0 saturated carbocycles. The van der Waals surface area contributed by atoms with E-state index in [9.17, 15) is 4.79 Å². The lowest BCUT2D eigenvalue weighted by atomic mass is 10.1. The fourth-order valence-electron chi connectivity index (χ4n) is 1.88. The molecule has 1 rings (SSSR count). The molecule has 1 aliphatic heterocycles. The summed E-state index contributed by atoms with van der Waals surface area (Å²) in [6.07, 6.45) is 1.05. The molecule has 0 aromatic heterocycles. The minimum atomic E-state index is -0.0433. The van der Waals surface area contributed by atoms with Crippen molar-refractivity contribution in [1.82, 2.24) is 15.5 Å². The predicted molar refractivity (Wildman–Crippen MR) is 61.9 cm³/mol. The third-order valence-corrected chi connectivity index (χ3v) is 2.81. The van der Waals surface area contributed by atoms with Crippen LogP contribution in [-0.4, -0.2) is 42.1 Å². The molecule has 1 fully saturated rings. The molecule has 88 valence electrons. The third kappa shape index (κ3) is 3.70. The van der Waals surface area contributed by atoms with Crippen LogP contribution in [-0.2, 0) is 0 Å². The van der Waals surface area contributed by atoms with Crippen molar-refractivity contribution in [2.24, 2.45) is 0 Å². The van der Waals surface area contributed by atoms with Crippen LogP contribution in [0.15, 0.2) is 0 Å². The smallest absolute Gasteiger partial charge is 0.315 e. The summed E-state index contributed by atoms with van der Waals surface area (Å²) in [5.41, 5.74) is 0.206. The molecular weight excluding hydrogens is 190 g/mol.